The molecule has 7 heteroatoms. The number of carbonyl (C=O) groups is 2. The molecule has 0 saturated heterocycles. The van der Waals surface area contributed by atoms with Crippen LogP contribution < -0.4 is 10.5 Å². The van der Waals surface area contributed by atoms with Gasteiger partial charge in [0.1, 0.15) is 17.6 Å². The lowest BCUT2D eigenvalue weighted by Gasteiger charge is -2.26. The molecule has 144 valence electrons. The standard InChI is InChI=1S/C21H18BrFN2O3/c1-25(20(21(24)27)15-3-2-4-17(23)10-15)19(26)12-28-18-8-6-13-9-16(22)7-5-14(13)11-18/h2-11,20H,12H2,1H3,(H2,24,27). The molecule has 1 unspecified atom stereocenters. The van der Waals surface area contributed by atoms with Crippen LogP contribution in [0.5, 0.6) is 5.75 Å². The van der Waals surface area contributed by atoms with Crippen molar-refractivity contribution in [1.82, 2.24) is 4.90 Å². The van der Waals surface area contributed by atoms with Gasteiger partial charge in [-0.05, 0) is 52.7 Å². The predicted molar refractivity (Wildman–Crippen MR) is 108 cm³/mol. The number of nitrogens with zero attached hydrogens (tertiary/aromatic N) is 1. The highest BCUT2D eigenvalue weighted by Gasteiger charge is 2.27. The Kier molecular flexibility index (Phi) is 5.94. The van der Waals surface area contributed by atoms with Crippen molar-refractivity contribution in [2.75, 3.05) is 13.7 Å². The SMILES string of the molecule is CN(C(=O)COc1ccc2cc(Br)ccc2c1)C(C(N)=O)c1cccc(F)c1. The van der Waals surface area contributed by atoms with E-state index in [2.05, 4.69) is 15.9 Å². The fourth-order valence-corrected chi connectivity index (χ4v) is 3.31. The highest BCUT2D eigenvalue weighted by molar-refractivity contribution is 9.10. The zero-order chi connectivity index (χ0) is 20.3. The molecule has 3 rings (SSSR count). The molecule has 0 aromatic heterocycles. The molecule has 5 nitrogen and oxygen atoms in total. The number of carbonyl (C=O) groups excluding carboxylic acids is 2. The number of primary amides is 1. The summed E-state index contributed by atoms with van der Waals surface area (Å²) < 4.78 is 20.1. The number of fused-ring (bicyclic) bond motifs is 1. The molecule has 0 fully saturated rings. The first kappa shape index (κ1) is 19.8. The van der Waals surface area contributed by atoms with Crippen LogP contribution >= 0.6 is 15.9 Å². The summed E-state index contributed by atoms with van der Waals surface area (Å²) in [5, 5.41) is 2.00. The molecule has 3 aromatic carbocycles. The van der Waals surface area contributed by atoms with Crippen molar-refractivity contribution in [2.45, 2.75) is 6.04 Å². The van der Waals surface area contributed by atoms with Crippen molar-refractivity contribution in [3.63, 3.8) is 0 Å². The quantitative estimate of drug-likeness (QED) is 0.628. The van der Waals surface area contributed by atoms with Gasteiger partial charge in [-0.2, -0.15) is 0 Å². The van der Waals surface area contributed by atoms with Crippen LogP contribution in [0.15, 0.2) is 65.1 Å². The average molecular weight is 445 g/mol. The molecule has 2 amide bonds. The number of nitrogens with two attached hydrogens (primary N) is 1. The van der Waals surface area contributed by atoms with Crippen LogP contribution in [0.2, 0.25) is 0 Å². The Morgan fingerprint density at radius 3 is 2.54 bits per heavy atom. The zero-order valence-corrected chi connectivity index (χ0v) is 16.6. The summed E-state index contributed by atoms with van der Waals surface area (Å²) in [7, 11) is 1.43. The van der Waals surface area contributed by atoms with Crippen LogP contribution in [0.3, 0.4) is 0 Å². The first-order chi connectivity index (χ1) is 13.3. The second kappa shape index (κ2) is 8.39. The van der Waals surface area contributed by atoms with Gasteiger partial charge in [-0.15, -0.1) is 0 Å². The minimum atomic E-state index is -1.08. The Morgan fingerprint density at radius 2 is 1.82 bits per heavy atom. The van der Waals surface area contributed by atoms with E-state index in [9.17, 15) is 14.0 Å². The van der Waals surface area contributed by atoms with E-state index in [1.165, 1.54) is 25.2 Å². The molecule has 2 N–H and O–H groups in total. The molecule has 0 spiro atoms. The maximum absolute atomic E-state index is 13.5. The fourth-order valence-electron chi connectivity index (χ4n) is 2.93. The van der Waals surface area contributed by atoms with Gasteiger partial charge in [-0.3, -0.25) is 9.59 Å². The third-order valence-electron chi connectivity index (χ3n) is 4.35. The number of likely N-dealkylation sites (N-methyl/N-ethyl adjacent to an activating group) is 1. The summed E-state index contributed by atoms with van der Waals surface area (Å²) in [5.74, 6) is -1.19. The minimum absolute atomic E-state index is 0.280. The second-order valence-electron chi connectivity index (χ2n) is 6.31. The van der Waals surface area contributed by atoms with E-state index in [4.69, 9.17) is 10.5 Å². The normalized spacial score (nSPS) is 11.8. The van der Waals surface area contributed by atoms with Crippen LogP contribution in [0.4, 0.5) is 4.39 Å². The smallest absolute Gasteiger partial charge is 0.261 e. The van der Waals surface area contributed by atoms with Crippen molar-refractivity contribution in [2.24, 2.45) is 5.73 Å². The number of ether oxygens (including phenoxy) is 1. The second-order valence-corrected chi connectivity index (χ2v) is 7.22. The Balaban J connectivity index is 1.72. The van der Waals surface area contributed by atoms with E-state index in [-0.39, 0.29) is 6.61 Å². The highest BCUT2D eigenvalue weighted by Crippen LogP contribution is 2.25. The van der Waals surface area contributed by atoms with Gasteiger partial charge in [0.15, 0.2) is 6.61 Å². The van der Waals surface area contributed by atoms with Crippen molar-refractivity contribution < 1.29 is 18.7 Å². The van der Waals surface area contributed by atoms with E-state index in [0.717, 1.165) is 20.1 Å². The molecule has 0 heterocycles. The van der Waals surface area contributed by atoms with E-state index < -0.39 is 23.7 Å². The number of hydrogen-bond donors (Lipinski definition) is 1. The lowest BCUT2D eigenvalue weighted by molar-refractivity contribution is -0.139. The minimum Gasteiger partial charge on any atom is -0.484 e. The topological polar surface area (TPSA) is 72.6 Å². The van der Waals surface area contributed by atoms with Crippen molar-refractivity contribution >= 4 is 38.5 Å². The van der Waals surface area contributed by atoms with Gasteiger partial charge in [-0.25, -0.2) is 4.39 Å². The van der Waals surface area contributed by atoms with Gasteiger partial charge in [0, 0.05) is 11.5 Å². The summed E-state index contributed by atoms with van der Waals surface area (Å²) in [6, 6.07) is 15.7. The van der Waals surface area contributed by atoms with Gasteiger partial charge in [0.05, 0.1) is 0 Å². The van der Waals surface area contributed by atoms with E-state index in [1.807, 2.05) is 30.3 Å². The van der Waals surface area contributed by atoms with Crippen molar-refractivity contribution in [3.8, 4) is 5.75 Å². The fraction of sp³-hybridized carbons (Fsp3) is 0.143. The van der Waals surface area contributed by atoms with Crippen LogP contribution in [-0.2, 0) is 9.59 Å². The van der Waals surface area contributed by atoms with E-state index >= 15 is 0 Å². The number of amides is 2. The molecule has 0 bridgehead atoms. The van der Waals surface area contributed by atoms with E-state index in [0.29, 0.717) is 11.3 Å². The largest absolute Gasteiger partial charge is 0.484 e. The molecule has 0 aliphatic rings. The summed E-state index contributed by atoms with van der Waals surface area (Å²) in [5.41, 5.74) is 5.74. The first-order valence-corrected chi connectivity index (χ1v) is 9.27. The summed E-state index contributed by atoms with van der Waals surface area (Å²) >= 11 is 3.42. The molecule has 3 aromatic rings. The predicted octanol–water partition coefficient (Wildman–Crippen LogP) is 3.81. The number of rotatable bonds is 6. The maximum Gasteiger partial charge on any atom is 0.261 e. The first-order valence-electron chi connectivity index (χ1n) is 8.48. The van der Waals surface area contributed by atoms with Gasteiger partial charge in [0.25, 0.3) is 5.91 Å². The molecule has 0 aliphatic carbocycles. The molecule has 0 aliphatic heterocycles. The maximum atomic E-state index is 13.5. The highest BCUT2D eigenvalue weighted by atomic mass is 79.9. The molecular weight excluding hydrogens is 427 g/mol. The number of hydrogen-bond acceptors (Lipinski definition) is 3. The van der Waals surface area contributed by atoms with Crippen molar-refractivity contribution in [1.29, 1.82) is 0 Å². The Bertz CT molecular complexity index is 1040. The van der Waals surface area contributed by atoms with Gasteiger partial charge in [-0.1, -0.05) is 40.2 Å². The Labute approximate surface area is 170 Å². The average Bonchev–Trinajstić information content (AvgIpc) is 2.65. The Hall–Kier alpha value is -2.93. The third kappa shape index (κ3) is 4.48. The van der Waals surface area contributed by atoms with Crippen molar-refractivity contribution in [3.05, 3.63) is 76.5 Å². The summed E-state index contributed by atoms with van der Waals surface area (Å²) in [6.07, 6.45) is 0. The number of halogens is 2. The third-order valence-corrected chi connectivity index (χ3v) is 4.84. The molecule has 0 radical (unpaired) electrons. The molecular formula is C21H18BrFN2O3. The summed E-state index contributed by atoms with van der Waals surface area (Å²) in [6.45, 7) is -0.280. The van der Waals surface area contributed by atoms with Crippen LogP contribution in [0, 0.1) is 5.82 Å². The van der Waals surface area contributed by atoms with Crippen LogP contribution in [0.25, 0.3) is 10.8 Å². The molecule has 28 heavy (non-hydrogen) atoms. The monoisotopic (exact) mass is 444 g/mol. The van der Waals surface area contributed by atoms with E-state index in [1.54, 1.807) is 12.1 Å². The Morgan fingerprint density at radius 1 is 1.11 bits per heavy atom. The number of benzene rings is 3. The molecule has 1 atom stereocenters. The van der Waals surface area contributed by atoms with Gasteiger partial charge >= 0.3 is 0 Å². The van der Waals surface area contributed by atoms with Crippen LogP contribution in [-0.4, -0.2) is 30.4 Å². The lowest BCUT2D eigenvalue weighted by Crippen LogP contribution is -2.41. The van der Waals surface area contributed by atoms with Gasteiger partial charge in [0.2, 0.25) is 5.91 Å². The zero-order valence-electron chi connectivity index (χ0n) is 15.1. The van der Waals surface area contributed by atoms with Crippen LogP contribution in [0.1, 0.15) is 11.6 Å². The van der Waals surface area contributed by atoms with Gasteiger partial charge < -0.3 is 15.4 Å². The summed E-state index contributed by atoms with van der Waals surface area (Å²) in [4.78, 5) is 25.6. The lowest BCUT2D eigenvalue weighted by atomic mass is 10.0. The molecule has 0 saturated carbocycles.